The smallest absolute Gasteiger partial charge is 0.320 e. The molecule has 3 unspecified atom stereocenters. The third kappa shape index (κ3) is 6.73. The van der Waals surface area contributed by atoms with Gasteiger partial charge < -0.3 is 27.4 Å². The van der Waals surface area contributed by atoms with Crippen molar-refractivity contribution in [2.45, 2.75) is 50.3 Å². The van der Waals surface area contributed by atoms with Gasteiger partial charge in [0.05, 0.1) is 6.10 Å². The van der Waals surface area contributed by atoms with Crippen molar-refractivity contribution in [3.63, 3.8) is 0 Å². The molecule has 0 aliphatic carbocycles. The van der Waals surface area contributed by atoms with Gasteiger partial charge in [-0.1, -0.05) is 12.8 Å². The molecule has 0 saturated heterocycles. The number of nitrogens with two attached hydrogens (primary N) is 3. The molecule has 0 bridgehead atoms. The monoisotopic (exact) mass is 233 g/mol. The molecule has 0 radical (unpaired) electrons. The van der Waals surface area contributed by atoms with Crippen molar-refractivity contribution in [3.8, 4) is 0 Å². The van der Waals surface area contributed by atoms with Gasteiger partial charge in [0.15, 0.2) is 0 Å². The molecule has 96 valence electrons. The van der Waals surface area contributed by atoms with Crippen molar-refractivity contribution in [2.75, 3.05) is 6.54 Å². The van der Waals surface area contributed by atoms with Crippen molar-refractivity contribution in [3.05, 3.63) is 0 Å². The molecular weight excluding hydrogens is 210 g/mol. The van der Waals surface area contributed by atoms with Crippen LogP contribution < -0.4 is 17.2 Å². The highest BCUT2D eigenvalue weighted by Crippen LogP contribution is 2.08. The van der Waals surface area contributed by atoms with E-state index in [4.69, 9.17) is 22.3 Å². The van der Waals surface area contributed by atoms with Crippen LogP contribution in [0.3, 0.4) is 0 Å². The molecule has 0 rings (SSSR count). The van der Waals surface area contributed by atoms with E-state index in [0.717, 1.165) is 6.42 Å². The minimum atomic E-state index is -0.979. The second-order valence-electron chi connectivity index (χ2n) is 4.04. The number of hydrogen-bond acceptors (Lipinski definition) is 5. The minimum Gasteiger partial charge on any atom is -0.480 e. The van der Waals surface area contributed by atoms with Crippen molar-refractivity contribution < 1.29 is 15.0 Å². The van der Waals surface area contributed by atoms with Crippen LogP contribution in [0, 0.1) is 0 Å². The van der Waals surface area contributed by atoms with Gasteiger partial charge in [0.2, 0.25) is 0 Å². The second-order valence-corrected chi connectivity index (χ2v) is 4.04. The standard InChI is InChI=1S/C10H23N3O3/c11-6-5-9(14)7(12)3-1-2-4-8(13)10(15)16/h7-9,14H,1-6,11-13H2,(H,15,16). The van der Waals surface area contributed by atoms with Crippen LogP contribution in [0.5, 0.6) is 0 Å². The van der Waals surface area contributed by atoms with Crippen LogP contribution in [0.15, 0.2) is 0 Å². The maximum absolute atomic E-state index is 10.4. The molecule has 6 heteroatoms. The van der Waals surface area contributed by atoms with Crippen LogP contribution in [0.1, 0.15) is 32.1 Å². The lowest BCUT2D eigenvalue weighted by atomic mass is 10.0. The first-order chi connectivity index (χ1) is 7.49. The Morgan fingerprint density at radius 1 is 1.12 bits per heavy atom. The van der Waals surface area contributed by atoms with E-state index in [1.807, 2.05) is 0 Å². The summed E-state index contributed by atoms with van der Waals surface area (Å²) in [5.74, 6) is -0.979. The maximum atomic E-state index is 10.4. The van der Waals surface area contributed by atoms with E-state index in [-0.39, 0.29) is 6.04 Å². The minimum absolute atomic E-state index is 0.287. The number of carbonyl (C=O) groups is 1. The van der Waals surface area contributed by atoms with Crippen molar-refractivity contribution >= 4 is 5.97 Å². The molecule has 0 aliphatic heterocycles. The van der Waals surface area contributed by atoms with Gasteiger partial charge >= 0.3 is 5.97 Å². The largest absolute Gasteiger partial charge is 0.480 e. The highest BCUT2D eigenvalue weighted by Gasteiger charge is 2.14. The summed E-state index contributed by atoms with van der Waals surface area (Å²) < 4.78 is 0. The van der Waals surface area contributed by atoms with Crippen LogP contribution in [0.2, 0.25) is 0 Å². The van der Waals surface area contributed by atoms with Gasteiger partial charge in [-0.25, -0.2) is 0 Å². The summed E-state index contributed by atoms with van der Waals surface area (Å²) in [6, 6.07) is -1.09. The average Bonchev–Trinajstić information content (AvgIpc) is 2.23. The van der Waals surface area contributed by atoms with E-state index < -0.39 is 18.1 Å². The number of hydrogen-bond donors (Lipinski definition) is 5. The fourth-order valence-corrected chi connectivity index (χ4v) is 1.44. The number of unbranched alkanes of at least 4 members (excludes halogenated alkanes) is 1. The molecule has 0 fully saturated rings. The fraction of sp³-hybridized carbons (Fsp3) is 0.900. The SMILES string of the molecule is NCCC(O)C(N)CCCCC(N)C(=O)O. The Labute approximate surface area is 95.8 Å². The van der Waals surface area contributed by atoms with E-state index in [1.54, 1.807) is 0 Å². The first-order valence-electron chi connectivity index (χ1n) is 5.61. The molecule has 0 aromatic rings. The Balaban J connectivity index is 3.54. The van der Waals surface area contributed by atoms with Crippen LogP contribution in [0.25, 0.3) is 0 Å². The number of aliphatic carboxylic acids is 1. The first-order valence-corrected chi connectivity index (χ1v) is 5.61. The van der Waals surface area contributed by atoms with Gasteiger partial charge in [-0.05, 0) is 25.8 Å². The number of rotatable bonds is 9. The number of aliphatic hydroxyl groups excluding tert-OH is 1. The lowest BCUT2D eigenvalue weighted by Crippen LogP contribution is -2.36. The van der Waals surface area contributed by atoms with Gasteiger partial charge in [-0.2, -0.15) is 0 Å². The highest BCUT2D eigenvalue weighted by atomic mass is 16.4. The Bertz CT molecular complexity index is 202. The van der Waals surface area contributed by atoms with Crippen molar-refractivity contribution in [2.24, 2.45) is 17.2 Å². The van der Waals surface area contributed by atoms with Gasteiger partial charge in [0.25, 0.3) is 0 Å². The normalized spacial score (nSPS) is 16.8. The molecular formula is C10H23N3O3. The van der Waals surface area contributed by atoms with E-state index in [2.05, 4.69) is 0 Å². The van der Waals surface area contributed by atoms with Crippen LogP contribution >= 0.6 is 0 Å². The summed E-state index contributed by atoms with van der Waals surface area (Å²) in [4.78, 5) is 10.4. The summed E-state index contributed by atoms with van der Waals surface area (Å²) >= 11 is 0. The third-order valence-corrected chi connectivity index (χ3v) is 2.58. The topological polar surface area (TPSA) is 136 Å². The van der Waals surface area contributed by atoms with Crippen molar-refractivity contribution in [1.29, 1.82) is 0 Å². The summed E-state index contributed by atoms with van der Waals surface area (Å²) in [5, 5.41) is 18.0. The second kappa shape index (κ2) is 8.46. The fourth-order valence-electron chi connectivity index (χ4n) is 1.44. The molecule has 3 atom stereocenters. The lowest BCUT2D eigenvalue weighted by molar-refractivity contribution is -0.138. The molecule has 0 heterocycles. The van der Waals surface area contributed by atoms with Gasteiger partial charge in [0, 0.05) is 6.04 Å². The van der Waals surface area contributed by atoms with Crippen LogP contribution in [-0.2, 0) is 4.79 Å². The van der Waals surface area contributed by atoms with Gasteiger partial charge in [-0.15, -0.1) is 0 Å². The van der Waals surface area contributed by atoms with E-state index in [9.17, 15) is 9.90 Å². The van der Waals surface area contributed by atoms with E-state index in [1.165, 1.54) is 0 Å². The van der Waals surface area contributed by atoms with Gasteiger partial charge in [-0.3, -0.25) is 4.79 Å². The number of carboxylic acids is 1. The molecule has 0 saturated carbocycles. The van der Waals surface area contributed by atoms with Gasteiger partial charge in [0.1, 0.15) is 6.04 Å². The Morgan fingerprint density at radius 3 is 2.19 bits per heavy atom. The Morgan fingerprint density at radius 2 is 1.69 bits per heavy atom. The lowest BCUT2D eigenvalue weighted by Gasteiger charge is -2.18. The average molecular weight is 233 g/mol. The Kier molecular flexibility index (Phi) is 8.10. The molecule has 8 N–H and O–H groups in total. The third-order valence-electron chi connectivity index (χ3n) is 2.58. The summed E-state index contributed by atoms with van der Waals surface area (Å²) in [7, 11) is 0. The van der Waals surface area contributed by atoms with E-state index >= 15 is 0 Å². The molecule has 0 amide bonds. The predicted molar refractivity (Wildman–Crippen MR) is 61.7 cm³/mol. The summed E-state index contributed by atoms with van der Waals surface area (Å²) in [5.41, 5.74) is 16.4. The molecule has 0 aromatic heterocycles. The molecule has 6 nitrogen and oxygen atoms in total. The zero-order chi connectivity index (χ0) is 12.6. The molecule has 0 spiro atoms. The molecule has 0 aliphatic rings. The van der Waals surface area contributed by atoms with Crippen molar-refractivity contribution in [1.82, 2.24) is 0 Å². The molecule has 0 aromatic carbocycles. The Hall–Kier alpha value is -0.690. The maximum Gasteiger partial charge on any atom is 0.320 e. The zero-order valence-corrected chi connectivity index (χ0v) is 9.51. The predicted octanol–water partition coefficient (Wildman–Crippen LogP) is -1.00. The first kappa shape index (κ1) is 15.3. The zero-order valence-electron chi connectivity index (χ0n) is 9.51. The van der Waals surface area contributed by atoms with Crippen LogP contribution in [0.4, 0.5) is 0 Å². The summed E-state index contributed by atoms with van der Waals surface area (Å²) in [6.45, 7) is 0.415. The molecule has 16 heavy (non-hydrogen) atoms. The number of aliphatic hydroxyl groups is 1. The number of carboxylic acid groups (broad SMARTS) is 1. The van der Waals surface area contributed by atoms with Crippen LogP contribution in [-0.4, -0.2) is 40.9 Å². The van der Waals surface area contributed by atoms with E-state index in [0.29, 0.717) is 32.2 Å². The quantitative estimate of drug-likeness (QED) is 0.324. The highest BCUT2D eigenvalue weighted by molar-refractivity contribution is 5.72. The summed E-state index contributed by atoms with van der Waals surface area (Å²) in [6.07, 6.45) is 2.50.